The maximum absolute atomic E-state index is 12.8. The first-order chi connectivity index (χ1) is 18.8. The molecule has 2 aromatic carbocycles. The minimum Gasteiger partial charge on any atom is -0.397 e. The maximum Gasteiger partial charge on any atom is 1.00 e. The number of urea groups is 1. The second-order valence-electron chi connectivity index (χ2n) is 9.75. The van der Waals surface area contributed by atoms with Crippen molar-refractivity contribution in [3.63, 3.8) is 0 Å². The molecule has 0 aliphatic heterocycles. The van der Waals surface area contributed by atoms with Crippen LogP contribution in [0, 0.1) is 36.8 Å². The average Bonchev–Trinajstić information content (AvgIpc) is 2.93. The first-order valence-electron chi connectivity index (χ1n) is 13.0. The van der Waals surface area contributed by atoms with Gasteiger partial charge in [0.05, 0.1) is 18.6 Å². The third-order valence-electron chi connectivity index (χ3n) is 6.65. The molecule has 3 rings (SSSR count). The molecule has 41 heavy (non-hydrogen) atoms. The van der Waals surface area contributed by atoms with E-state index in [0.29, 0.717) is 16.0 Å². The number of benzene rings is 2. The van der Waals surface area contributed by atoms with Crippen LogP contribution in [0.4, 0.5) is 18.0 Å². The zero-order chi connectivity index (χ0) is 29.9. The molecule has 1 atom stereocenters. The summed E-state index contributed by atoms with van der Waals surface area (Å²) >= 11 is 0. The fraction of sp³-hybridized carbons (Fsp3) is 0.433. The standard InChI is InChI=1S/C22H28F3N4O3.C8H9.K/c1-2-15-3-5-17(6-4-15)19(27)29(12-11-22(23,24)25)20(31)28-13-18(26)16-7-9-21(32,14-30)10-8-16;1-7-5-3-4-6-8(7)2;/h3-6,26-27,30,32H,2,7,9-14H2,1H3,(H,28,31);3-5H,1-2H3;/q2*-1;+1. The van der Waals surface area contributed by atoms with Crippen molar-refractivity contribution in [1.29, 1.82) is 10.8 Å². The minimum atomic E-state index is -4.50. The van der Waals surface area contributed by atoms with Gasteiger partial charge in [0.15, 0.2) is 0 Å². The molecule has 0 saturated carbocycles. The van der Waals surface area contributed by atoms with Crippen molar-refractivity contribution in [2.45, 2.75) is 64.7 Å². The molecule has 0 aromatic heterocycles. The van der Waals surface area contributed by atoms with E-state index in [9.17, 15) is 28.2 Å². The first kappa shape index (κ1) is 37.2. The molecule has 0 radical (unpaired) electrons. The molecule has 0 bridgehead atoms. The third-order valence-corrected chi connectivity index (χ3v) is 6.65. The van der Waals surface area contributed by atoms with Crippen LogP contribution in [0.15, 0.2) is 48.0 Å². The van der Waals surface area contributed by atoms with Crippen molar-refractivity contribution in [2.24, 2.45) is 0 Å². The van der Waals surface area contributed by atoms with E-state index in [2.05, 4.69) is 37.4 Å². The van der Waals surface area contributed by atoms with Crippen molar-refractivity contribution in [3.05, 3.63) is 82.4 Å². The first-order valence-corrected chi connectivity index (χ1v) is 13.0. The molecule has 11 heteroatoms. The van der Waals surface area contributed by atoms with Gasteiger partial charge in [0.2, 0.25) is 0 Å². The fourth-order valence-corrected chi connectivity index (χ4v) is 3.78. The van der Waals surface area contributed by atoms with Crippen LogP contribution < -0.4 is 56.7 Å². The van der Waals surface area contributed by atoms with E-state index in [1.54, 1.807) is 24.3 Å². The summed E-state index contributed by atoms with van der Waals surface area (Å²) in [6.45, 7) is 4.69. The van der Waals surface area contributed by atoms with Crippen molar-refractivity contribution in [1.82, 2.24) is 10.2 Å². The quantitative estimate of drug-likeness (QED) is 0.139. The molecule has 5 N–H and O–H groups in total. The third kappa shape index (κ3) is 12.5. The summed E-state index contributed by atoms with van der Waals surface area (Å²) in [7, 11) is 0. The Labute approximate surface area is 282 Å². The molecule has 7 nitrogen and oxygen atoms in total. The van der Waals surface area contributed by atoms with Gasteiger partial charge in [-0.15, -0.1) is 0 Å². The molecule has 1 aliphatic rings. The predicted molar refractivity (Wildman–Crippen MR) is 149 cm³/mol. The second kappa shape index (κ2) is 17.3. The van der Waals surface area contributed by atoms with Gasteiger partial charge in [-0.05, 0) is 24.9 Å². The number of nitrogens with one attached hydrogen (secondary N) is 3. The molecule has 0 saturated heterocycles. The Balaban J connectivity index is 0.000000801. The number of hydrogen-bond donors (Lipinski definition) is 5. The number of aliphatic hydroxyl groups excluding tert-OH is 1. The molecular formula is C30H37F3KN4O3-. The van der Waals surface area contributed by atoms with Crippen molar-refractivity contribution in [3.8, 4) is 0 Å². The number of aryl methyl sites for hydroxylation is 3. The largest absolute Gasteiger partial charge is 1.00 e. The summed E-state index contributed by atoms with van der Waals surface area (Å²) in [5.41, 5.74) is 3.06. The Morgan fingerprint density at radius 2 is 1.83 bits per heavy atom. The normalized spacial score (nSPS) is 16.3. The molecule has 2 amide bonds. The minimum absolute atomic E-state index is 0. The molecule has 218 valence electrons. The van der Waals surface area contributed by atoms with Gasteiger partial charge in [-0.1, -0.05) is 63.6 Å². The number of nitrogens with zero attached hydrogens (tertiary/aromatic N) is 1. The second-order valence-corrected chi connectivity index (χ2v) is 9.75. The van der Waals surface area contributed by atoms with Gasteiger partial charge < -0.3 is 20.9 Å². The van der Waals surface area contributed by atoms with Gasteiger partial charge in [0, 0.05) is 12.1 Å². The smallest absolute Gasteiger partial charge is 0.397 e. The fourth-order valence-electron chi connectivity index (χ4n) is 3.78. The van der Waals surface area contributed by atoms with E-state index in [0.717, 1.165) is 12.0 Å². The van der Waals surface area contributed by atoms with Gasteiger partial charge in [0.1, 0.15) is 5.84 Å². The summed E-state index contributed by atoms with van der Waals surface area (Å²) in [5.74, 6) is -0.364. The number of aliphatic hydroxyl groups is 2. The molecular weight excluding hydrogens is 560 g/mol. The van der Waals surface area contributed by atoms with E-state index in [4.69, 9.17) is 10.8 Å². The SMILES string of the molecule is CCc1ccc(C(=N)N(CCC(F)(F)F)C(=O)NCC(=N)C2=[C-]CC(O)(CO)CC2)cc1.Cc1[c-]cccc1C.[K+]. The number of amides is 2. The number of rotatable bonds is 8. The number of amidine groups is 1. The van der Waals surface area contributed by atoms with E-state index in [-0.39, 0.29) is 88.7 Å². The van der Waals surface area contributed by atoms with Crippen LogP contribution in [0.2, 0.25) is 0 Å². The Hall–Kier alpha value is -1.86. The predicted octanol–water partition coefficient (Wildman–Crippen LogP) is 2.30. The van der Waals surface area contributed by atoms with E-state index >= 15 is 0 Å². The maximum atomic E-state index is 12.8. The molecule has 0 fully saturated rings. The monoisotopic (exact) mass is 597 g/mol. The van der Waals surface area contributed by atoms with Crippen molar-refractivity contribution in [2.75, 3.05) is 19.7 Å². The van der Waals surface area contributed by atoms with E-state index in [1.165, 1.54) is 11.1 Å². The van der Waals surface area contributed by atoms with Gasteiger partial charge in [0.25, 0.3) is 0 Å². The number of hydrogen-bond acceptors (Lipinski definition) is 5. The molecule has 1 unspecified atom stereocenters. The topological polar surface area (TPSA) is 121 Å². The Morgan fingerprint density at radius 1 is 1.17 bits per heavy atom. The Kier molecular flexibility index (Phi) is 15.7. The number of carbonyl (C=O) groups excluding carboxylic acids is 1. The van der Waals surface area contributed by atoms with Crippen LogP contribution in [0.5, 0.6) is 0 Å². The summed E-state index contributed by atoms with van der Waals surface area (Å²) in [5, 5.41) is 38.0. The summed E-state index contributed by atoms with van der Waals surface area (Å²) in [6, 6.07) is 14.9. The van der Waals surface area contributed by atoms with E-state index < -0.39 is 37.4 Å². The molecule has 0 heterocycles. The molecule has 0 spiro atoms. The van der Waals surface area contributed by atoms with Gasteiger partial charge >= 0.3 is 63.6 Å². The van der Waals surface area contributed by atoms with Gasteiger partial charge in [-0.25, -0.2) is 10.4 Å². The summed E-state index contributed by atoms with van der Waals surface area (Å²) in [4.78, 5) is 13.4. The molecule has 2 aromatic rings. The Morgan fingerprint density at radius 3 is 2.29 bits per heavy atom. The summed E-state index contributed by atoms with van der Waals surface area (Å²) < 4.78 is 38.3. The summed E-state index contributed by atoms with van der Waals surface area (Å²) in [6.07, 6.45) is -1.60. The van der Waals surface area contributed by atoms with Crippen LogP contribution in [-0.2, 0) is 6.42 Å². The van der Waals surface area contributed by atoms with Crippen molar-refractivity contribution >= 4 is 17.6 Å². The zero-order valence-corrected chi connectivity index (χ0v) is 27.2. The zero-order valence-electron chi connectivity index (χ0n) is 24.1. The number of carbonyl (C=O) groups is 1. The van der Waals surface area contributed by atoms with E-state index in [1.807, 2.05) is 19.1 Å². The van der Waals surface area contributed by atoms with Gasteiger partial charge in [-0.3, -0.25) is 16.4 Å². The van der Waals surface area contributed by atoms with Crippen molar-refractivity contribution < 1.29 is 79.6 Å². The Bertz CT molecular complexity index is 1180. The number of alkyl halides is 3. The molecule has 1 aliphatic carbocycles. The van der Waals surface area contributed by atoms with Crippen LogP contribution >= 0.6 is 0 Å². The van der Waals surface area contributed by atoms with Crippen LogP contribution in [0.3, 0.4) is 0 Å². The average molecular weight is 598 g/mol. The van der Waals surface area contributed by atoms with Crippen LogP contribution in [-0.4, -0.2) is 64.2 Å². The van der Waals surface area contributed by atoms with Gasteiger partial charge in [-0.2, -0.15) is 48.6 Å². The van der Waals surface area contributed by atoms with Crippen LogP contribution in [0.25, 0.3) is 0 Å². The van der Waals surface area contributed by atoms with Crippen LogP contribution in [0.1, 0.15) is 54.9 Å². The number of halogens is 3.